The molecule has 0 atom stereocenters. The molecule has 0 spiro atoms. The summed E-state index contributed by atoms with van der Waals surface area (Å²) in [5.74, 6) is 0.0519. The monoisotopic (exact) mass is 326 g/mol. The summed E-state index contributed by atoms with van der Waals surface area (Å²) in [6.07, 6.45) is 4.14. The number of aliphatic hydroxyl groups excluding tert-OH is 2. The highest BCUT2D eigenvalue weighted by Gasteiger charge is 2.29. The Morgan fingerprint density at radius 2 is 1.54 bits per heavy atom. The minimum absolute atomic E-state index is 0.157. The van der Waals surface area contributed by atoms with E-state index < -0.39 is 11.4 Å². The summed E-state index contributed by atoms with van der Waals surface area (Å²) < 4.78 is 5.16. The molecule has 2 N–H and O–H groups in total. The SMILES string of the molecule is O=C(/C=C/CCC(CO)(CO)c1ccccc1)Oc1ccccc1. The molecule has 2 aromatic rings. The van der Waals surface area contributed by atoms with Crippen LogP contribution in [0.15, 0.2) is 72.8 Å². The van der Waals surface area contributed by atoms with Gasteiger partial charge in [0.1, 0.15) is 5.75 Å². The second-order valence-corrected chi connectivity index (χ2v) is 5.64. The Morgan fingerprint density at radius 3 is 2.12 bits per heavy atom. The second kappa shape index (κ2) is 9.01. The molecule has 0 aliphatic heterocycles. The molecule has 126 valence electrons. The molecule has 0 amide bonds. The number of aliphatic hydroxyl groups is 2. The van der Waals surface area contributed by atoms with Gasteiger partial charge in [-0.2, -0.15) is 0 Å². The van der Waals surface area contributed by atoms with Crippen molar-refractivity contribution in [1.82, 2.24) is 0 Å². The third-order valence-electron chi connectivity index (χ3n) is 4.00. The fourth-order valence-electron chi connectivity index (χ4n) is 2.50. The van der Waals surface area contributed by atoms with Crippen molar-refractivity contribution in [3.8, 4) is 5.75 Å². The topological polar surface area (TPSA) is 66.8 Å². The van der Waals surface area contributed by atoms with E-state index in [4.69, 9.17) is 4.74 Å². The lowest BCUT2D eigenvalue weighted by Crippen LogP contribution is -2.34. The second-order valence-electron chi connectivity index (χ2n) is 5.64. The Balaban J connectivity index is 1.92. The van der Waals surface area contributed by atoms with Crippen LogP contribution >= 0.6 is 0 Å². The number of benzene rings is 2. The van der Waals surface area contributed by atoms with Crippen LogP contribution in [0.25, 0.3) is 0 Å². The van der Waals surface area contributed by atoms with E-state index in [0.717, 1.165) is 5.56 Å². The van der Waals surface area contributed by atoms with Crippen molar-refractivity contribution in [2.45, 2.75) is 18.3 Å². The molecule has 24 heavy (non-hydrogen) atoms. The molecular formula is C20H22O4. The normalized spacial score (nSPS) is 11.6. The first-order chi connectivity index (χ1) is 11.7. The third kappa shape index (κ3) is 4.78. The molecule has 0 fully saturated rings. The lowest BCUT2D eigenvalue weighted by molar-refractivity contribution is -0.129. The zero-order valence-corrected chi connectivity index (χ0v) is 13.5. The molecular weight excluding hydrogens is 304 g/mol. The molecule has 0 saturated heterocycles. The van der Waals surface area contributed by atoms with Gasteiger partial charge < -0.3 is 14.9 Å². The predicted molar refractivity (Wildman–Crippen MR) is 92.7 cm³/mol. The predicted octanol–water partition coefficient (Wildman–Crippen LogP) is 2.85. The summed E-state index contributed by atoms with van der Waals surface area (Å²) in [6, 6.07) is 18.3. The molecule has 2 rings (SSSR count). The third-order valence-corrected chi connectivity index (χ3v) is 4.00. The van der Waals surface area contributed by atoms with Crippen LogP contribution in [-0.2, 0) is 10.2 Å². The minimum atomic E-state index is -0.713. The average molecular weight is 326 g/mol. The van der Waals surface area contributed by atoms with Crippen LogP contribution in [0.3, 0.4) is 0 Å². The van der Waals surface area contributed by atoms with Crippen molar-refractivity contribution in [2.24, 2.45) is 0 Å². The number of para-hydroxylation sites is 1. The van der Waals surface area contributed by atoms with Gasteiger partial charge >= 0.3 is 5.97 Å². The molecule has 0 radical (unpaired) electrons. The maximum atomic E-state index is 11.7. The number of hydrogen-bond acceptors (Lipinski definition) is 4. The summed E-state index contributed by atoms with van der Waals surface area (Å²) in [6.45, 7) is -0.314. The number of rotatable bonds is 8. The van der Waals surface area contributed by atoms with Gasteiger partial charge in [-0.25, -0.2) is 4.79 Å². The summed E-state index contributed by atoms with van der Waals surface area (Å²) in [5.41, 5.74) is 0.171. The fourth-order valence-corrected chi connectivity index (χ4v) is 2.50. The van der Waals surface area contributed by atoms with Gasteiger partial charge in [-0.05, 0) is 30.5 Å². The number of carbonyl (C=O) groups excluding carboxylic acids is 1. The molecule has 0 unspecified atom stereocenters. The zero-order valence-electron chi connectivity index (χ0n) is 13.5. The largest absolute Gasteiger partial charge is 0.423 e. The van der Waals surface area contributed by atoms with Crippen LogP contribution in [0.5, 0.6) is 5.75 Å². The van der Waals surface area contributed by atoms with Crippen LogP contribution < -0.4 is 4.74 Å². The van der Waals surface area contributed by atoms with E-state index >= 15 is 0 Å². The van der Waals surface area contributed by atoms with Gasteiger partial charge in [0, 0.05) is 11.5 Å². The highest BCUT2D eigenvalue weighted by Crippen LogP contribution is 2.28. The van der Waals surface area contributed by atoms with Gasteiger partial charge in [-0.3, -0.25) is 0 Å². The maximum Gasteiger partial charge on any atom is 0.335 e. The van der Waals surface area contributed by atoms with Crippen LogP contribution in [-0.4, -0.2) is 29.4 Å². The lowest BCUT2D eigenvalue weighted by atomic mass is 9.78. The summed E-state index contributed by atoms with van der Waals surface area (Å²) in [5, 5.41) is 19.5. The Hall–Kier alpha value is -2.43. The van der Waals surface area contributed by atoms with Gasteiger partial charge in [-0.1, -0.05) is 54.6 Å². The van der Waals surface area contributed by atoms with E-state index in [-0.39, 0.29) is 13.2 Å². The highest BCUT2D eigenvalue weighted by molar-refractivity contribution is 5.83. The maximum absolute atomic E-state index is 11.7. The van der Waals surface area contributed by atoms with Gasteiger partial charge in [0.05, 0.1) is 13.2 Å². The van der Waals surface area contributed by atoms with Gasteiger partial charge in [0.2, 0.25) is 0 Å². The number of ether oxygens (including phenoxy) is 1. The van der Waals surface area contributed by atoms with Crippen molar-refractivity contribution in [3.63, 3.8) is 0 Å². The molecule has 0 bridgehead atoms. The summed E-state index contributed by atoms with van der Waals surface area (Å²) in [7, 11) is 0. The molecule has 0 aliphatic rings. The molecule has 0 saturated carbocycles. The van der Waals surface area contributed by atoms with Gasteiger partial charge in [0.25, 0.3) is 0 Å². The molecule has 0 aromatic heterocycles. The van der Waals surface area contributed by atoms with Gasteiger partial charge in [-0.15, -0.1) is 0 Å². The number of allylic oxidation sites excluding steroid dienone is 1. The van der Waals surface area contributed by atoms with Crippen molar-refractivity contribution >= 4 is 5.97 Å². The Labute approximate surface area is 142 Å². The Kier molecular flexibility index (Phi) is 6.73. The lowest BCUT2D eigenvalue weighted by Gasteiger charge is -2.30. The fraction of sp³-hybridized carbons (Fsp3) is 0.250. The van der Waals surface area contributed by atoms with Gasteiger partial charge in [0.15, 0.2) is 0 Å². The Bertz CT molecular complexity index is 646. The molecule has 4 heteroatoms. The zero-order chi connectivity index (χ0) is 17.3. The minimum Gasteiger partial charge on any atom is -0.423 e. The van der Waals surface area contributed by atoms with E-state index in [1.807, 2.05) is 36.4 Å². The van der Waals surface area contributed by atoms with Crippen LogP contribution in [0.4, 0.5) is 0 Å². The van der Waals surface area contributed by atoms with Crippen molar-refractivity contribution in [2.75, 3.05) is 13.2 Å². The van der Waals surface area contributed by atoms with E-state index in [0.29, 0.717) is 18.6 Å². The van der Waals surface area contributed by atoms with Crippen molar-refractivity contribution < 1.29 is 19.7 Å². The van der Waals surface area contributed by atoms with E-state index in [2.05, 4.69) is 0 Å². The molecule has 2 aromatic carbocycles. The number of carbonyl (C=O) groups is 1. The van der Waals surface area contributed by atoms with E-state index in [1.165, 1.54) is 6.08 Å². The first-order valence-electron chi connectivity index (χ1n) is 7.91. The highest BCUT2D eigenvalue weighted by atomic mass is 16.5. The van der Waals surface area contributed by atoms with Crippen molar-refractivity contribution in [1.29, 1.82) is 0 Å². The first-order valence-corrected chi connectivity index (χ1v) is 7.91. The Morgan fingerprint density at radius 1 is 0.958 bits per heavy atom. The van der Waals surface area contributed by atoms with Crippen LogP contribution in [0, 0.1) is 0 Å². The van der Waals surface area contributed by atoms with Crippen LogP contribution in [0.1, 0.15) is 18.4 Å². The number of esters is 1. The van der Waals surface area contributed by atoms with E-state index in [1.54, 1.807) is 30.3 Å². The summed E-state index contributed by atoms with van der Waals surface area (Å²) in [4.78, 5) is 11.7. The quantitative estimate of drug-likeness (QED) is 0.445. The molecule has 4 nitrogen and oxygen atoms in total. The standard InChI is InChI=1S/C20H22O4/c21-15-20(16-22,17-9-3-1-4-10-17)14-8-7-13-19(23)24-18-11-5-2-6-12-18/h1-7,9-13,21-22H,8,14-16H2/b13-7+. The van der Waals surface area contributed by atoms with Crippen LogP contribution in [0.2, 0.25) is 0 Å². The smallest absolute Gasteiger partial charge is 0.335 e. The number of hydrogen-bond donors (Lipinski definition) is 2. The van der Waals surface area contributed by atoms with Crippen molar-refractivity contribution in [3.05, 3.63) is 78.4 Å². The average Bonchev–Trinajstić information content (AvgIpc) is 2.64. The van der Waals surface area contributed by atoms with E-state index in [9.17, 15) is 15.0 Å². The summed E-state index contributed by atoms with van der Waals surface area (Å²) >= 11 is 0. The molecule has 0 aliphatic carbocycles. The molecule has 0 heterocycles. The first kappa shape index (κ1) is 17.9.